The van der Waals surface area contributed by atoms with Crippen molar-refractivity contribution in [3.8, 4) is 0 Å². The molecule has 5 aliphatic rings. The molecule has 23 heavy (non-hydrogen) atoms. The van der Waals surface area contributed by atoms with Crippen LogP contribution >= 0.6 is 0 Å². The van der Waals surface area contributed by atoms with Gasteiger partial charge in [-0.3, -0.25) is 4.79 Å². The molecule has 5 fully saturated rings. The van der Waals surface area contributed by atoms with E-state index in [4.69, 9.17) is 4.74 Å². The Labute approximate surface area is 139 Å². The molecule has 0 amide bonds. The maximum atomic E-state index is 12.1. The maximum absolute atomic E-state index is 12.1. The van der Waals surface area contributed by atoms with Gasteiger partial charge in [-0.2, -0.15) is 0 Å². The van der Waals surface area contributed by atoms with Gasteiger partial charge in [-0.1, -0.05) is 13.3 Å². The van der Waals surface area contributed by atoms with Crippen molar-refractivity contribution in [2.24, 2.45) is 34.0 Å². The van der Waals surface area contributed by atoms with E-state index >= 15 is 0 Å². The second-order valence-electron chi connectivity index (χ2n) is 10.1. The fourth-order valence-electron chi connectivity index (χ4n) is 8.28. The summed E-state index contributed by atoms with van der Waals surface area (Å²) in [4.78, 5) is 12.1. The van der Waals surface area contributed by atoms with Crippen LogP contribution in [0.4, 0.5) is 0 Å². The third kappa shape index (κ3) is 1.63. The third-order valence-electron chi connectivity index (χ3n) is 9.30. The van der Waals surface area contributed by atoms with Crippen LogP contribution in [0, 0.1) is 34.0 Å². The smallest absolute Gasteiger partial charge is 0.309 e. The number of hydrogen-bond donors (Lipinski definition) is 1. The van der Waals surface area contributed by atoms with Crippen molar-refractivity contribution in [3.05, 3.63) is 0 Å². The van der Waals surface area contributed by atoms with Crippen molar-refractivity contribution >= 4 is 5.97 Å². The molecule has 1 N–H and O–H groups in total. The van der Waals surface area contributed by atoms with Crippen LogP contribution in [0.5, 0.6) is 0 Å². The van der Waals surface area contributed by atoms with Crippen LogP contribution in [0.1, 0.15) is 71.6 Å². The van der Waals surface area contributed by atoms with E-state index in [0.717, 1.165) is 37.7 Å². The number of ether oxygens (including phenoxy) is 1. The highest BCUT2D eigenvalue weighted by atomic mass is 16.6. The molecule has 0 aromatic carbocycles. The summed E-state index contributed by atoms with van der Waals surface area (Å²) in [6, 6.07) is 0. The minimum absolute atomic E-state index is 0.231. The number of carboxylic acid groups (broad SMARTS) is 1. The molecule has 1 heterocycles. The van der Waals surface area contributed by atoms with Gasteiger partial charge < -0.3 is 9.84 Å². The summed E-state index contributed by atoms with van der Waals surface area (Å²) in [6.07, 6.45) is 10.9. The molecule has 128 valence electrons. The maximum Gasteiger partial charge on any atom is 0.309 e. The second-order valence-corrected chi connectivity index (χ2v) is 10.1. The number of carbonyl (C=O) groups is 1. The molecular weight excluding hydrogens is 288 g/mol. The van der Waals surface area contributed by atoms with Gasteiger partial charge in [0.2, 0.25) is 0 Å². The molecule has 0 radical (unpaired) electrons. The van der Waals surface area contributed by atoms with Crippen molar-refractivity contribution < 1.29 is 14.6 Å². The molecule has 3 nitrogen and oxygen atoms in total. The Balaban J connectivity index is 1.55. The van der Waals surface area contributed by atoms with Crippen LogP contribution in [-0.2, 0) is 9.53 Å². The quantitative estimate of drug-likeness (QED) is 0.735. The van der Waals surface area contributed by atoms with Gasteiger partial charge >= 0.3 is 5.97 Å². The molecular formula is C20H30O3. The van der Waals surface area contributed by atoms with Gasteiger partial charge in [0.25, 0.3) is 0 Å². The predicted octanol–water partition coefficient (Wildman–Crippen LogP) is 4.25. The van der Waals surface area contributed by atoms with E-state index in [9.17, 15) is 9.90 Å². The standard InChI is InChI=1S/C20H30O3/c1-17-7-3-8-18(2,16(21)22)14(17)6-9-19-10-13(4-5-15(17)19)20(11-19)12-23-20/h13-15H,3-12H2,1-2H3,(H,21,22)/t13-,14+,15+,17-,18+,19+,20-/m1/s1. The van der Waals surface area contributed by atoms with Crippen LogP contribution in [0.15, 0.2) is 0 Å². The van der Waals surface area contributed by atoms with E-state index in [1.807, 2.05) is 6.92 Å². The van der Waals surface area contributed by atoms with Gasteiger partial charge in [-0.25, -0.2) is 0 Å². The Hall–Kier alpha value is -0.570. The van der Waals surface area contributed by atoms with Crippen LogP contribution in [0.2, 0.25) is 0 Å². The average Bonchev–Trinajstić information content (AvgIpc) is 3.22. The molecule has 7 atom stereocenters. The molecule has 2 bridgehead atoms. The predicted molar refractivity (Wildman–Crippen MR) is 87.0 cm³/mol. The lowest BCUT2D eigenvalue weighted by Gasteiger charge is -2.63. The van der Waals surface area contributed by atoms with Crippen LogP contribution < -0.4 is 0 Å². The molecule has 0 unspecified atom stereocenters. The van der Waals surface area contributed by atoms with Crippen LogP contribution in [0.25, 0.3) is 0 Å². The Bertz CT molecular complexity index is 567. The summed E-state index contributed by atoms with van der Waals surface area (Å²) in [5.41, 5.74) is 0.455. The summed E-state index contributed by atoms with van der Waals surface area (Å²) in [7, 11) is 0. The minimum Gasteiger partial charge on any atom is -0.481 e. The fraction of sp³-hybridized carbons (Fsp3) is 0.950. The topological polar surface area (TPSA) is 49.8 Å². The molecule has 2 spiro atoms. The number of rotatable bonds is 1. The van der Waals surface area contributed by atoms with Crippen molar-refractivity contribution in [1.29, 1.82) is 0 Å². The van der Waals surface area contributed by atoms with E-state index in [2.05, 4.69) is 6.92 Å². The number of hydrogen-bond acceptors (Lipinski definition) is 2. The zero-order valence-electron chi connectivity index (χ0n) is 14.6. The van der Waals surface area contributed by atoms with E-state index in [1.165, 1.54) is 38.5 Å². The van der Waals surface area contributed by atoms with Crippen molar-refractivity contribution in [3.63, 3.8) is 0 Å². The zero-order valence-corrected chi connectivity index (χ0v) is 14.6. The first kappa shape index (κ1) is 14.7. The minimum atomic E-state index is -0.550. The Morgan fingerprint density at radius 2 is 1.87 bits per heavy atom. The fourth-order valence-corrected chi connectivity index (χ4v) is 8.28. The van der Waals surface area contributed by atoms with Gasteiger partial charge in [-0.15, -0.1) is 0 Å². The first-order valence-corrected chi connectivity index (χ1v) is 9.72. The SMILES string of the molecule is C[C@@]12CCC[C@](C)(C(=O)O)[C@H]1CC[C@@]13C[C@@H](CC[C@H]12)[C@]1(CO1)C3. The van der Waals surface area contributed by atoms with Gasteiger partial charge in [0, 0.05) is 0 Å². The second kappa shape index (κ2) is 4.15. The zero-order chi connectivity index (χ0) is 16.1. The van der Waals surface area contributed by atoms with Gasteiger partial charge in [0.05, 0.1) is 17.6 Å². The Kier molecular flexibility index (Phi) is 2.66. The van der Waals surface area contributed by atoms with Crippen molar-refractivity contribution in [1.82, 2.24) is 0 Å². The van der Waals surface area contributed by atoms with Gasteiger partial charge in [0.1, 0.15) is 0 Å². The molecule has 5 rings (SSSR count). The molecule has 0 aromatic heterocycles. The largest absolute Gasteiger partial charge is 0.481 e. The normalized spacial score (nSPS) is 60.2. The number of epoxide rings is 1. The Morgan fingerprint density at radius 1 is 1.09 bits per heavy atom. The molecule has 1 aliphatic heterocycles. The molecule has 3 heteroatoms. The lowest BCUT2D eigenvalue weighted by molar-refractivity contribution is -0.181. The van der Waals surface area contributed by atoms with Crippen LogP contribution in [-0.4, -0.2) is 23.3 Å². The monoisotopic (exact) mass is 318 g/mol. The first-order chi connectivity index (χ1) is 10.8. The lowest BCUT2D eigenvalue weighted by atomic mass is 9.41. The molecule has 4 saturated carbocycles. The molecule has 0 aromatic rings. The lowest BCUT2D eigenvalue weighted by Crippen LogP contribution is -2.58. The van der Waals surface area contributed by atoms with E-state index in [-0.39, 0.29) is 11.0 Å². The highest BCUT2D eigenvalue weighted by Crippen LogP contribution is 2.74. The summed E-state index contributed by atoms with van der Waals surface area (Å²) >= 11 is 0. The number of aliphatic carboxylic acids is 1. The van der Waals surface area contributed by atoms with Crippen molar-refractivity contribution in [2.75, 3.05) is 6.61 Å². The highest BCUT2D eigenvalue weighted by Gasteiger charge is 2.71. The number of fused-ring (bicyclic) bond motifs is 4. The third-order valence-corrected chi connectivity index (χ3v) is 9.30. The summed E-state index contributed by atoms with van der Waals surface area (Å²) in [6.45, 7) is 5.50. The van der Waals surface area contributed by atoms with Gasteiger partial charge in [0.15, 0.2) is 0 Å². The highest BCUT2D eigenvalue weighted by molar-refractivity contribution is 5.75. The van der Waals surface area contributed by atoms with Crippen molar-refractivity contribution in [2.45, 2.75) is 77.2 Å². The summed E-state index contributed by atoms with van der Waals surface area (Å²) < 4.78 is 5.97. The first-order valence-electron chi connectivity index (χ1n) is 9.72. The van der Waals surface area contributed by atoms with E-state index in [1.54, 1.807) is 0 Å². The summed E-state index contributed by atoms with van der Waals surface area (Å²) in [5, 5.41) is 9.95. The van der Waals surface area contributed by atoms with Crippen LogP contribution in [0.3, 0.4) is 0 Å². The van der Waals surface area contributed by atoms with E-state index in [0.29, 0.717) is 11.3 Å². The average molecular weight is 318 g/mol. The van der Waals surface area contributed by atoms with Gasteiger partial charge in [-0.05, 0) is 86.9 Å². The molecule has 4 aliphatic carbocycles. The van der Waals surface area contributed by atoms with E-state index < -0.39 is 11.4 Å². The number of carboxylic acids is 1. The molecule has 1 saturated heterocycles. The summed E-state index contributed by atoms with van der Waals surface area (Å²) in [5.74, 6) is 1.34. The Morgan fingerprint density at radius 3 is 2.57 bits per heavy atom.